The minimum Gasteiger partial charge on any atom is -0.337 e. The first-order valence-corrected chi connectivity index (χ1v) is 8.40. The van der Waals surface area contributed by atoms with E-state index in [0.29, 0.717) is 23.8 Å². The maximum absolute atomic E-state index is 12.9. The largest absolute Gasteiger partial charge is 0.337 e. The molecule has 3 nitrogen and oxygen atoms in total. The molecule has 1 saturated heterocycles. The number of nitrogens with zero attached hydrogens (tertiary/aromatic N) is 1. The Morgan fingerprint density at radius 3 is 2.81 bits per heavy atom. The number of fused-ring (bicyclic) bond motifs is 3. The van der Waals surface area contributed by atoms with Crippen LogP contribution in [-0.4, -0.2) is 32.1 Å². The maximum atomic E-state index is 12.9. The summed E-state index contributed by atoms with van der Waals surface area (Å²) < 4.78 is 0. The highest BCUT2D eigenvalue weighted by Crippen LogP contribution is 2.45. The molecule has 21 heavy (non-hydrogen) atoms. The van der Waals surface area contributed by atoms with Crippen molar-refractivity contribution in [3.8, 4) is 0 Å². The molecule has 1 unspecified atom stereocenters. The number of benzene rings is 1. The summed E-state index contributed by atoms with van der Waals surface area (Å²) in [4.78, 5) is 16.7. The molecule has 0 bridgehead atoms. The molecule has 1 amide bonds. The first-order valence-electron chi connectivity index (χ1n) is 8.40. The summed E-state index contributed by atoms with van der Waals surface area (Å²) in [5.74, 6) is 1.24. The Kier molecular flexibility index (Phi) is 3.07. The smallest absolute Gasteiger partial charge is 0.230 e. The van der Waals surface area contributed by atoms with Crippen LogP contribution in [0.3, 0.4) is 0 Å². The van der Waals surface area contributed by atoms with Gasteiger partial charge in [0.05, 0.1) is 32.1 Å². The van der Waals surface area contributed by atoms with Crippen molar-refractivity contribution in [1.82, 2.24) is 0 Å². The molecular formula is C18H25N2O+. The monoisotopic (exact) mass is 285 g/mol. The van der Waals surface area contributed by atoms with E-state index in [4.69, 9.17) is 0 Å². The first-order chi connectivity index (χ1) is 10.1. The van der Waals surface area contributed by atoms with Gasteiger partial charge in [0, 0.05) is 18.0 Å². The lowest BCUT2D eigenvalue weighted by Crippen LogP contribution is -3.11. The standard InChI is InChI=1S/C18H24N2O/c1-12-6-7-16-14(10-12)15-11-19(2)9-8-17(15)20(16)18(21)13-4-3-5-13/h6-7,10,13,15,17H,3-5,8-9,11H2,1-2H3/p+1/t15-,17-/m0/s1. The Morgan fingerprint density at radius 2 is 2.10 bits per heavy atom. The fourth-order valence-electron chi connectivity index (χ4n) is 4.34. The van der Waals surface area contributed by atoms with Crippen LogP contribution in [0, 0.1) is 12.8 Å². The molecule has 4 rings (SSSR count). The highest BCUT2D eigenvalue weighted by atomic mass is 16.2. The molecule has 0 aromatic heterocycles. The van der Waals surface area contributed by atoms with Gasteiger partial charge in [0.25, 0.3) is 0 Å². The summed E-state index contributed by atoms with van der Waals surface area (Å²) in [5.41, 5.74) is 3.95. The van der Waals surface area contributed by atoms with E-state index in [1.807, 2.05) is 0 Å². The van der Waals surface area contributed by atoms with E-state index in [1.54, 1.807) is 4.90 Å². The first kappa shape index (κ1) is 13.3. The topological polar surface area (TPSA) is 24.8 Å². The number of aryl methyl sites for hydroxylation is 1. The average molecular weight is 285 g/mol. The van der Waals surface area contributed by atoms with Crippen LogP contribution in [0.4, 0.5) is 5.69 Å². The van der Waals surface area contributed by atoms with Crippen molar-refractivity contribution >= 4 is 11.6 Å². The van der Waals surface area contributed by atoms with Crippen LogP contribution in [0.25, 0.3) is 0 Å². The number of hydrogen-bond acceptors (Lipinski definition) is 1. The third-order valence-electron chi connectivity index (χ3n) is 5.77. The highest BCUT2D eigenvalue weighted by molar-refractivity contribution is 5.98. The zero-order valence-electron chi connectivity index (χ0n) is 13.1. The van der Waals surface area contributed by atoms with Gasteiger partial charge < -0.3 is 9.80 Å². The van der Waals surface area contributed by atoms with E-state index in [2.05, 4.69) is 37.1 Å². The summed E-state index contributed by atoms with van der Waals surface area (Å²) in [5, 5.41) is 0. The van der Waals surface area contributed by atoms with Crippen LogP contribution in [0.2, 0.25) is 0 Å². The van der Waals surface area contributed by atoms with Crippen molar-refractivity contribution in [3.05, 3.63) is 29.3 Å². The number of piperidine rings is 1. The van der Waals surface area contributed by atoms with Gasteiger partial charge in [0.15, 0.2) is 0 Å². The molecule has 0 spiro atoms. The lowest BCUT2D eigenvalue weighted by atomic mass is 9.83. The molecule has 2 fully saturated rings. The van der Waals surface area contributed by atoms with Gasteiger partial charge in [-0.25, -0.2) is 0 Å². The van der Waals surface area contributed by atoms with Crippen molar-refractivity contribution in [2.75, 3.05) is 25.0 Å². The fourth-order valence-corrected chi connectivity index (χ4v) is 4.34. The van der Waals surface area contributed by atoms with Gasteiger partial charge in [-0.3, -0.25) is 4.79 Å². The molecule has 112 valence electrons. The number of quaternary nitrogens is 1. The van der Waals surface area contributed by atoms with Gasteiger partial charge in [-0.2, -0.15) is 0 Å². The van der Waals surface area contributed by atoms with Gasteiger partial charge in [-0.15, -0.1) is 0 Å². The molecule has 1 aromatic rings. The molecule has 3 aliphatic rings. The number of rotatable bonds is 1. The molecule has 0 radical (unpaired) electrons. The van der Waals surface area contributed by atoms with Crippen molar-refractivity contribution in [2.24, 2.45) is 5.92 Å². The molecule has 1 aromatic carbocycles. The van der Waals surface area contributed by atoms with E-state index in [1.165, 1.54) is 29.8 Å². The Labute approximate surface area is 126 Å². The van der Waals surface area contributed by atoms with Gasteiger partial charge in [-0.1, -0.05) is 24.1 Å². The Morgan fingerprint density at radius 1 is 1.29 bits per heavy atom. The Hall–Kier alpha value is -1.35. The average Bonchev–Trinajstić information content (AvgIpc) is 2.70. The minimum atomic E-state index is 0.296. The lowest BCUT2D eigenvalue weighted by Gasteiger charge is -2.37. The van der Waals surface area contributed by atoms with Crippen molar-refractivity contribution in [2.45, 2.75) is 44.6 Å². The van der Waals surface area contributed by atoms with Gasteiger partial charge >= 0.3 is 0 Å². The number of likely N-dealkylation sites (tertiary alicyclic amines) is 1. The number of carbonyl (C=O) groups excluding carboxylic acids is 1. The second-order valence-corrected chi connectivity index (χ2v) is 7.27. The summed E-state index contributed by atoms with van der Waals surface area (Å²) in [6.45, 7) is 4.50. The molecule has 1 aliphatic carbocycles. The molecule has 3 heteroatoms. The number of carbonyl (C=O) groups is 1. The quantitative estimate of drug-likeness (QED) is 0.831. The number of hydrogen-bond donors (Lipinski definition) is 1. The van der Waals surface area contributed by atoms with E-state index >= 15 is 0 Å². The summed E-state index contributed by atoms with van der Waals surface area (Å²) in [6.07, 6.45) is 4.56. The molecule has 3 atom stereocenters. The van der Waals surface area contributed by atoms with E-state index in [9.17, 15) is 4.79 Å². The predicted octanol–water partition coefficient (Wildman–Crippen LogP) is 1.51. The highest BCUT2D eigenvalue weighted by Gasteiger charge is 2.47. The van der Waals surface area contributed by atoms with Crippen LogP contribution < -0.4 is 9.80 Å². The summed E-state index contributed by atoms with van der Waals surface area (Å²) >= 11 is 0. The number of amides is 1. The van der Waals surface area contributed by atoms with E-state index in [0.717, 1.165) is 25.8 Å². The van der Waals surface area contributed by atoms with E-state index in [-0.39, 0.29) is 0 Å². The molecule has 1 N–H and O–H groups in total. The third kappa shape index (κ3) is 2.02. The minimum absolute atomic E-state index is 0.296. The fraction of sp³-hybridized carbons (Fsp3) is 0.611. The van der Waals surface area contributed by atoms with Crippen molar-refractivity contribution < 1.29 is 9.69 Å². The lowest BCUT2D eigenvalue weighted by molar-refractivity contribution is -0.886. The van der Waals surface area contributed by atoms with E-state index < -0.39 is 0 Å². The van der Waals surface area contributed by atoms with Crippen LogP contribution in [0.1, 0.15) is 42.7 Å². The third-order valence-corrected chi connectivity index (χ3v) is 5.77. The normalized spacial score (nSPS) is 31.5. The number of anilines is 1. The Balaban J connectivity index is 1.74. The van der Waals surface area contributed by atoms with Crippen LogP contribution in [-0.2, 0) is 4.79 Å². The zero-order valence-corrected chi connectivity index (χ0v) is 13.1. The second-order valence-electron chi connectivity index (χ2n) is 7.27. The van der Waals surface area contributed by atoms with Gasteiger partial charge in [0.1, 0.15) is 0 Å². The summed E-state index contributed by atoms with van der Waals surface area (Å²) in [6, 6.07) is 7.08. The zero-order chi connectivity index (χ0) is 14.6. The SMILES string of the molecule is Cc1ccc2c(c1)[C@@H]1C[NH+](C)CC[C@@H]1N2C(=O)C1CCC1. The second kappa shape index (κ2) is 4.84. The summed E-state index contributed by atoms with van der Waals surface area (Å²) in [7, 11) is 2.28. The molecule has 2 aliphatic heterocycles. The maximum Gasteiger partial charge on any atom is 0.230 e. The number of nitrogens with one attached hydrogen (secondary N) is 1. The number of likely N-dealkylation sites (N-methyl/N-ethyl adjacent to an activating group) is 1. The van der Waals surface area contributed by atoms with Crippen molar-refractivity contribution in [3.63, 3.8) is 0 Å². The predicted molar refractivity (Wildman–Crippen MR) is 83.8 cm³/mol. The van der Waals surface area contributed by atoms with Crippen LogP contribution in [0.5, 0.6) is 0 Å². The molecule has 1 saturated carbocycles. The van der Waals surface area contributed by atoms with Gasteiger partial charge in [0.2, 0.25) is 5.91 Å². The molecule has 2 heterocycles. The Bertz CT molecular complexity index is 579. The van der Waals surface area contributed by atoms with Crippen molar-refractivity contribution in [1.29, 1.82) is 0 Å². The van der Waals surface area contributed by atoms with Crippen LogP contribution >= 0.6 is 0 Å². The molecular weight excluding hydrogens is 260 g/mol. The van der Waals surface area contributed by atoms with Gasteiger partial charge in [-0.05, 0) is 31.4 Å². The van der Waals surface area contributed by atoms with Crippen LogP contribution in [0.15, 0.2) is 18.2 Å².